The largest absolute Gasteiger partial charge is 0.356 e. The topological polar surface area (TPSA) is 35.8 Å². The Kier molecular flexibility index (Phi) is 3.44. The number of hydrogen-bond acceptors (Lipinski definition) is 3. The van der Waals surface area contributed by atoms with Crippen LogP contribution in [0, 0.1) is 17.1 Å². The summed E-state index contributed by atoms with van der Waals surface area (Å²) in [6.45, 7) is 0. The maximum atomic E-state index is 13.0. The van der Waals surface area contributed by atoms with Crippen LogP contribution in [0.5, 0.6) is 0 Å². The van der Waals surface area contributed by atoms with E-state index in [0.717, 1.165) is 16.9 Å². The van der Waals surface area contributed by atoms with E-state index in [1.54, 1.807) is 23.9 Å². The van der Waals surface area contributed by atoms with E-state index in [1.165, 1.54) is 17.0 Å². The van der Waals surface area contributed by atoms with Gasteiger partial charge < -0.3 is 5.32 Å². The zero-order valence-electron chi connectivity index (χ0n) is 10.6. The van der Waals surface area contributed by atoms with Crippen LogP contribution in [0.3, 0.4) is 0 Å². The molecule has 0 saturated carbocycles. The summed E-state index contributed by atoms with van der Waals surface area (Å²) >= 11 is 1.69. The highest BCUT2D eigenvalue weighted by Gasteiger charge is 2.16. The van der Waals surface area contributed by atoms with Crippen molar-refractivity contribution in [3.63, 3.8) is 0 Å². The van der Waals surface area contributed by atoms with Gasteiger partial charge in [-0.1, -0.05) is 24.3 Å². The number of halogens is 1. The Balaban J connectivity index is 2.01. The summed E-state index contributed by atoms with van der Waals surface area (Å²) in [7, 11) is 0. The molecule has 4 heteroatoms. The predicted molar refractivity (Wildman–Crippen MR) is 79.7 cm³/mol. The molecule has 98 valence electrons. The van der Waals surface area contributed by atoms with Crippen molar-refractivity contribution in [1.29, 1.82) is 5.26 Å². The first-order chi connectivity index (χ1) is 9.78. The van der Waals surface area contributed by atoms with Gasteiger partial charge in [0, 0.05) is 16.3 Å². The first kappa shape index (κ1) is 12.8. The summed E-state index contributed by atoms with van der Waals surface area (Å²) in [6, 6.07) is 16.2. The first-order valence-electron chi connectivity index (χ1n) is 6.16. The summed E-state index contributed by atoms with van der Waals surface area (Å²) in [5, 5.41) is 12.7. The molecule has 0 unspecified atom stereocenters. The highest BCUT2D eigenvalue weighted by atomic mass is 32.2. The minimum Gasteiger partial charge on any atom is -0.356 e. The number of para-hydroxylation sites is 1. The van der Waals surface area contributed by atoms with Gasteiger partial charge in [0.2, 0.25) is 0 Å². The van der Waals surface area contributed by atoms with E-state index >= 15 is 0 Å². The molecular formula is C16H11FN2S. The number of nitrogens with zero attached hydrogens (tertiary/aromatic N) is 1. The molecule has 0 aromatic heterocycles. The molecule has 2 aromatic rings. The van der Waals surface area contributed by atoms with E-state index in [0.29, 0.717) is 11.3 Å². The third-order valence-electron chi connectivity index (χ3n) is 3.09. The Morgan fingerprint density at radius 1 is 1.15 bits per heavy atom. The van der Waals surface area contributed by atoms with Gasteiger partial charge in [-0.25, -0.2) is 4.39 Å². The van der Waals surface area contributed by atoms with Gasteiger partial charge in [-0.05, 0) is 29.8 Å². The Bertz CT molecular complexity index is 714. The van der Waals surface area contributed by atoms with Crippen molar-refractivity contribution in [1.82, 2.24) is 0 Å². The van der Waals surface area contributed by atoms with Crippen LogP contribution in [0.1, 0.15) is 5.56 Å². The van der Waals surface area contributed by atoms with Crippen molar-refractivity contribution in [2.24, 2.45) is 0 Å². The second-order valence-electron chi connectivity index (χ2n) is 4.38. The Morgan fingerprint density at radius 2 is 1.90 bits per heavy atom. The molecule has 1 N–H and O–H groups in total. The summed E-state index contributed by atoms with van der Waals surface area (Å²) in [5.41, 5.74) is 3.17. The average molecular weight is 282 g/mol. The number of allylic oxidation sites excluding steroid dienone is 1. The van der Waals surface area contributed by atoms with Crippen molar-refractivity contribution in [2.45, 2.75) is 4.90 Å². The van der Waals surface area contributed by atoms with Gasteiger partial charge in [0.05, 0.1) is 11.3 Å². The minimum atomic E-state index is -0.299. The number of nitriles is 1. The molecular weight excluding hydrogens is 271 g/mol. The molecule has 0 atom stereocenters. The lowest BCUT2D eigenvalue weighted by molar-refractivity contribution is 0.627. The second kappa shape index (κ2) is 5.40. The molecule has 0 radical (unpaired) electrons. The summed E-state index contributed by atoms with van der Waals surface area (Å²) in [6.07, 6.45) is 0. The highest BCUT2D eigenvalue weighted by molar-refractivity contribution is 7.99. The Hall–Kier alpha value is -2.25. The zero-order valence-corrected chi connectivity index (χ0v) is 11.4. The SMILES string of the molecule is N#C/C(=C1\CSc2ccccc2N1)c1ccc(F)cc1. The van der Waals surface area contributed by atoms with Crippen molar-refractivity contribution in [3.8, 4) is 6.07 Å². The molecule has 3 rings (SSSR count). The van der Waals surface area contributed by atoms with Crippen molar-refractivity contribution in [3.05, 3.63) is 65.6 Å². The normalized spacial score (nSPS) is 15.8. The number of benzene rings is 2. The average Bonchev–Trinajstić information content (AvgIpc) is 2.50. The molecule has 0 amide bonds. The van der Waals surface area contributed by atoms with Gasteiger partial charge >= 0.3 is 0 Å². The number of nitrogens with one attached hydrogen (secondary N) is 1. The van der Waals surface area contributed by atoms with Gasteiger partial charge in [-0.2, -0.15) is 5.26 Å². The lowest BCUT2D eigenvalue weighted by Gasteiger charge is -2.21. The van der Waals surface area contributed by atoms with E-state index in [2.05, 4.69) is 11.4 Å². The first-order valence-corrected chi connectivity index (χ1v) is 7.14. The van der Waals surface area contributed by atoms with Crippen LogP contribution in [0.2, 0.25) is 0 Å². The molecule has 0 aliphatic carbocycles. The van der Waals surface area contributed by atoms with Crippen LogP contribution in [-0.4, -0.2) is 5.75 Å². The number of thioether (sulfide) groups is 1. The fourth-order valence-corrected chi connectivity index (χ4v) is 3.07. The Labute approximate surface area is 120 Å². The maximum absolute atomic E-state index is 13.0. The number of hydrogen-bond donors (Lipinski definition) is 1. The van der Waals surface area contributed by atoms with E-state index < -0.39 is 0 Å². The van der Waals surface area contributed by atoms with Crippen LogP contribution in [0.4, 0.5) is 10.1 Å². The van der Waals surface area contributed by atoms with Gasteiger partial charge in [-0.15, -0.1) is 11.8 Å². The molecule has 0 fully saturated rings. The van der Waals surface area contributed by atoms with E-state index in [1.807, 2.05) is 24.3 Å². The third kappa shape index (κ3) is 2.40. The molecule has 0 spiro atoms. The smallest absolute Gasteiger partial charge is 0.123 e. The van der Waals surface area contributed by atoms with Crippen LogP contribution in [0.25, 0.3) is 5.57 Å². The van der Waals surface area contributed by atoms with Crippen molar-refractivity contribution >= 4 is 23.0 Å². The highest BCUT2D eigenvalue weighted by Crippen LogP contribution is 2.36. The summed E-state index contributed by atoms with van der Waals surface area (Å²) < 4.78 is 13.0. The molecule has 2 aromatic carbocycles. The fraction of sp³-hybridized carbons (Fsp3) is 0.0625. The number of fused-ring (bicyclic) bond motifs is 1. The summed E-state index contributed by atoms with van der Waals surface area (Å²) in [4.78, 5) is 1.17. The van der Waals surface area contributed by atoms with Crippen LogP contribution in [-0.2, 0) is 0 Å². The number of anilines is 1. The standard InChI is InChI=1S/C16H11FN2S/c17-12-7-5-11(6-8-12)13(9-18)15-10-20-16-4-2-1-3-14(16)19-15/h1-8,19H,10H2/b15-13-. The van der Waals surface area contributed by atoms with Crippen LogP contribution in [0.15, 0.2) is 59.1 Å². The van der Waals surface area contributed by atoms with Gasteiger partial charge in [0.25, 0.3) is 0 Å². The van der Waals surface area contributed by atoms with Crippen LogP contribution < -0.4 is 5.32 Å². The lowest BCUT2D eigenvalue weighted by atomic mass is 10.0. The van der Waals surface area contributed by atoms with Gasteiger partial charge in [0.15, 0.2) is 0 Å². The lowest BCUT2D eigenvalue weighted by Crippen LogP contribution is -2.10. The number of rotatable bonds is 1. The fourth-order valence-electron chi connectivity index (χ4n) is 2.10. The molecule has 0 bridgehead atoms. The van der Waals surface area contributed by atoms with Gasteiger partial charge in [-0.3, -0.25) is 0 Å². The molecule has 2 nitrogen and oxygen atoms in total. The minimum absolute atomic E-state index is 0.299. The molecule has 1 aliphatic rings. The third-order valence-corrected chi connectivity index (χ3v) is 4.19. The predicted octanol–water partition coefficient (Wildman–Crippen LogP) is 4.28. The quantitative estimate of drug-likeness (QED) is 0.793. The zero-order chi connectivity index (χ0) is 13.9. The van der Waals surface area contributed by atoms with E-state index in [9.17, 15) is 9.65 Å². The van der Waals surface area contributed by atoms with Crippen LogP contribution >= 0.6 is 11.8 Å². The second-order valence-corrected chi connectivity index (χ2v) is 5.40. The molecule has 1 aliphatic heterocycles. The monoisotopic (exact) mass is 282 g/mol. The maximum Gasteiger partial charge on any atom is 0.123 e. The van der Waals surface area contributed by atoms with Crippen molar-refractivity contribution < 1.29 is 4.39 Å². The van der Waals surface area contributed by atoms with Crippen molar-refractivity contribution in [2.75, 3.05) is 11.1 Å². The molecule has 20 heavy (non-hydrogen) atoms. The van der Waals surface area contributed by atoms with Gasteiger partial charge in [0.1, 0.15) is 11.9 Å². The van der Waals surface area contributed by atoms with E-state index in [4.69, 9.17) is 0 Å². The molecule has 0 saturated heterocycles. The molecule has 1 heterocycles. The Morgan fingerprint density at radius 3 is 2.65 bits per heavy atom. The summed E-state index contributed by atoms with van der Waals surface area (Å²) in [5.74, 6) is 0.407. The van der Waals surface area contributed by atoms with E-state index in [-0.39, 0.29) is 5.82 Å².